The molecule has 3 rings (SSSR count). The van der Waals surface area contributed by atoms with Crippen LogP contribution in [0.5, 0.6) is 11.5 Å². The van der Waals surface area contributed by atoms with Gasteiger partial charge in [-0.3, -0.25) is 9.59 Å². The lowest BCUT2D eigenvalue weighted by molar-refractivity contribution is -0.141. The van der Waals surface area contributed by atoms with E-state index in [1.165, 1.54) is 0 Å². The number of hydrogen-bond acceptors (Lipinski definition) is 5. The normalized spacial score (nSPS) is 21.2. The molecule has 1 N–H and O–H groups in total. The Hall–Kier alpha value is -2.28. The molecule has 1 aromatic carbocycles. The third-order valence-electron chi connectivity index (χ3n) is 5.05. The number of nitrogens with one attached hydrogen (secondary N) is 1. The minimum atomic E-state index is -0.841. The van der Waals surface area contributed by atoms with Crippen molar-refractivity contribution in [2.24, 2.45) is 0 Å². The first kappa shape index (κ1) is 19.5. The summed E-state index contributed by atoms with van der Waals surface area (Å²) in [5.41, 5.74) is 0.0747. The first-order chi connectivity index (χ1) is 12.9. The van der Waals surface area contributed by atoms with Gasteiger partial charge in [-0.15, -0.1) is 0 Å². The highest BCUT2D eigenvalue weighted by molar-refractivity contribution is 5.94. The number of rotatable bonds is 8. The number of carbonyl (C=O) groups is 2. The van der Waals surface area contributed by atoms with Crippen LogP contribution in [0.25, 0.3) is 0 Å². The van der Waals surface area contributed by atoms with Crippen LogP contribution in [-0.2, 0) is 20.9 Å². The summed E-state index contributed by atoms with van der Waals surface area (Å²) >= 11 is 0. The van der Waals surface area contributed by atoms with Crippen LogP contribution in [0.3, 0.4) is 0 Å². The number of fused-ring (bicyclic) bond motifs is 1. The lowest BCUT2D eigenvalue weighted by Gasteiger charge is -2.34. The van der Waals surface area contributed by atoms with Gasteiger partial charge in [0.2, 0.25) is 18.6 Å². The summed E-state index contributed by atoms with van der Waals surface area (Å²) in [6.45, 7) is 7.53. The smallest absolute Gasteiger partial charge is 0.245 e. The maximum Gasteiger partial charge on any atom is 0.245 e. The standard InChI is InChI=1S/C20H28N2O5/c1-14(2)25-10-4-9-21-19(24)20(3)8-7-18(23)22(20)12-15-5-6-16-17(11-15)27-13-26-16/h5-6,11,14H,4,7-10,12-13H2,1-3H3,(H,21,24)/t20-/m0/s1. The molecule has 0 aromatic heterocycles. The molecule has 1 aromatic rings. The SMILES string of the molecule is CC(C)OCCCNC(=O)[C@]1(C)CCC(=O)N1Cc1ccc2c(c1)OCO2. The van der Waals surface area contributed by atoms with Gasteiger partial charge >= 0.3 is 0 Å². The van der Waals surface area contributed by atoms with E-state index in [4.69, 9.17) is 14.2 Å². The van der Waals surface area contributed by atoms with Crippen LogP contribution in [0.4, 0.5) is 0 Å². The third kappa shape index (κ3) is 4.35. The minimum absolute atomic E-state index is 0.00606. The number of carbonyl (C=O) groups excluding carboxylic acids is 2. The zero-order valence-electron chi connectivity index (χ0n) is 16.2. The van der Waals surface area contributed by atoms with Crippen molar-refractivity contribution < 1.29 is 23.8 Å². The van der Waals surface area contributed by atoms with E-state index in [9.17, 15) is 9.59 Å². The fourth-order valence-electron chi connectivity index (χ4n) is 3.40. The Labute approximate surface area is 160 Å². The van der Waals surface area contributed by atoms with Gasteiger partial charge in [0.1, 0.15) is 5.54 Å². The molecule has 27 heavy (non-hydrogen) atoms. The summed E-state index contributed by atoms with van der Waals surface area (Å²) in [5.74, 6) is 1.26. The second-order valence-electron chi connectivity index (χ2n) is 7.47. The highest BCUT2D eigenvalue weighted by Crippen LogP contribution is 2.36. The molecule has 7 nitrogen and oxygen atoms in total. The second-order valence-corrected chi connectivity index (χ2v) is 7.47. The van der Waals surface area contributed by atoms with Crippen LogP contribution in [0, 0.1) is 0 Å². The van der Waals surface area contributed by atoms with E-state index in [-0.39, 0.29) is 24.7 Å². The van der Waals surface area contributed by atoms with E-state index in [0.29, 0.717) is 44.0 Å². The molecule has 2 aliphatic rings. The van der Waals surface area contributed by atoms with Crippen molar-refractivity contribution in [3.05, 3.63) is 23.8 Å². The van der Waals surface area contributed by atoms with E-state index in [1.807, 2.05) is 39.0 Å². The summed E-state index contributed by atoms with van der Waals surface area (Å²) in [4.78, 5) is 26.9. The first-order valence-electron chi connectivity index (χ1n) is 9.49. The van der Waals surface area contributed by atoms with E-state index in [2.05, 4.69) is 5.32 Å². The predicted molar refractivity (Wildman–Crippen MR) is 99.5 cm³/mol. The van der Waals surface area contributed by atoms with E-state index >= 15 is 0 Å². The topological polar surface area (TPSA) is 77.1 Å². The van der Waals surface area contributed by atoms with Gasteiger partial charge in [-0.05, 0) is 51.3 Å². The quantitative estimate of drug-likeness (QED) is 0.704. The second kappa shape index (κ2) is 8.17. The Balaban J connectivity index is 1.61. The Kier molecular flexibility index (Phi) is 5.89. The Morgan fingerprint density at radius 2 is 2.11 bits per heavy atom. The monoisotopic (exact) mass is 376 g/mol. The number of hydrogen-bond donors (Lipinski definition) is 1. The van der Waals surface area contributed by atoms with Gasteiger partial charge in [-0.25, -0.2) is 0 Å². The predicted octanol–water partition coefficient (Wildman–Crippen LogP) is 2.23. The molecule has 0 bridgehead atoms. The molecule has 1 saturated heterocycles. The lowest BCUT2D eigenvalue weighted by Crippen LogP contribution is -2.54. The number of nitrogens with zero attached hydrogens (tertiary/aromatic N) is 1. The molecule has 2 aliphatic heterocycles. The molecular formula is C20H28N2O5. The van der Waals surface area contributed by atoms with Gasteiger partial charge in [-0.1, -0.05) is 6.07 Å². The summed E-state index contributed by atoms with van der Waals surface area (Å²) in [6.07, 6.45) is 1.83. The van der Waals surface area contributed by atoms with Gasteiger partial charge in [0.05, 0.1) is 6.10 Å². The van der Waals surface area contributed by atoms with Crippen molar-refractivity contribution in [3.8, 4) is 11.5 Å². The highest BCUT2D eigenvalue weighted by atomic mass is 16.7. The van der Waals surface area contributed by atoms with Gasteiger partial charge in [-0.2, -0.15) is 0 Å². The van der Waals surface area contributed by atoms with Crippen LogP contribution in [-0.4, -0.2) is 48.3 Å². The maximum atomic E-state index is 12.8. The molecule has 1 fully saturated rings. The summed E-state index contributed by atoms with van der Waals surface area (Å²) in [7, 11) is 0. The average Bonchev–Trinajstić information content (AvgIpc) is 3.21. The Morgan fingerprint density at radius 3 is 2.89 bits per heavy atom. The van der Waals surface area contributed by atoms with Gasteiger partial charge in [0.25, 0.3) is 0 Å². The van der Waals surface area contributed by atoms with Crippen molar-refractivity contribution in [2.45, 2.75) is 58.2 Å². The van der Waals surface area contributed by atoms with Crippen molar-refractivity contribution in [2.75, 3.05) is 19.9 Å². The number of likely N-dealkylation sites (tertiary alicyclic amines) is 1. The fraction of sp³-hybridized carbons (Fsp3) is 0.600. The van der Waals surface area contributed by atoms with Crippen LogP contribution in [0.15, 0.2) is 18.2 Å². The van der Waals surface area contributed by atoms with Gasteiger partial charge in [0.15, 0.2) is 11.5 Å². The zero-order valence-corrected chi connectivity index (χ0v) is 16.2. The highest BCUT2D eigenvalue weighted by Gasteiger charge is 2.47. The van der Waals surface area contributed by atoms with Crippen molar-refractivity contribution in [1.29, 1.82) is 0 Å². The molecule has 148 valence electrons. The Morgan fingerprint density at radius 1 is 1.33 bits per heavy atom. The number of amides is 2. The maximum absolute atomic E-state index is 12.8. The third-order valence-corrected chi connectivity index (χ3v) is 5.05. The molecule has 0 unspecified atom stereocenters. The van der Waals surface area contributed by atoms with Crippen molar-refractivity contribution >= 4 is 11.8 Å². The average molecular weight is 376 g/mol. The minimum Gasteiger partial charge on any atom is -0.454 e. The van der Waals surface area contributed by atoms with Crippen molar-refractivity contribution in [1.82, 2.24) is 10.2 Å². The molecule has 2 heterocycles. The van der Waals surface area contributed by atoms with E-state index in [1.54, 1.807) is 4.90 Å². The molecule has 0 aliphatic carbocycles. The summed E-state index contributed by atoms with van der Waals surface area (Å²) in [6, 6.07) is 5.61. The number of ether oxygens (including phenoxy) is 3. The van der Waals surface area contributed by atoms with Gasteiger partial charge in [0, 0.05) is 26.1 Å². The van der Waals surface area contributed by atoms with E-state index < -0.39 is 5.54 Å². The number of benzene rings is 1. The first-order valence-corrected chi connectivity index (χ1v) is 9.49. The molecular weight excluding hydrogens is 348 g/mol. The molecule has 1 atom stereocenters. The molecule has 0 radical (unpaired) electrons. The fourth-order valence-corrected chi connectivity index (χ4v) is 3.40. The molecule has 0 spiro atoms. The van der Waals surface area contributed by atoms with Crippen LogP contribution in [0.1, 0.15) is 45.6 Å². The summed E-state index contributed by atoms with van der Waals surface area (Å²) in [5, 5.41) is 2.96. The lowest BCUT2D eigenvalue weighted by atomic mass is 9.97. The van der Waals surface area contributed by atoms with Crippen LogP contribution in [0.2, 0.25) is 0 Å². The summed E-state index contributed by atoms with van der Waals surface area (Å²) < 4.78 is 16.2. The molecule has 0 saturated carbocycles. The zero-order chi connectivity index (χ0) is 19.4. The van der Waals surface area contributed by atoms with Gasteiger partial charge < -0.3 is 24.4 Å². The largest absolute Gasteiger partial charge is 0.454 e. The molecule has 7 heteroatoms. The van der Waals surface area contributed by atoms with E-state index in [0.717, 1.165) is 12.0 Å². The van der Waals surface area contributed by atoms with Crippen LogP contribution >= 0.6 is 0 Å². The Bertz CT molecular complexity index is 706. The molecule has 2 amide bonds. The van der Waals surface area contributed by atoms with Crippen LogP contribution < -0.4 is 14.8 Å². The van der Waals surface area contributed by atoms with Crippen molar-refractivity contribution in [3.63, 3.8) is 0 Å².